The van der Waals surface area contributed by atoms with Crippen LogP contribution in [0.3, 0.4) is 0 Å². The fourth-order valence-corrected chi connectivity index (χ4v) is 6.61. The molecule has 1 aliphatic heterocycles. The molecule has 0 radical (unpaired) electrons. The molecule has 0 saturated carbocycles. The molecule has 41 heavy (non-hydrogen) atoms. The Morgan fingerprint density at radius 1 is 1.07 bits per heavy atom. The molecular weight excluding hydrogens is 556 g/mol. The Labute approximate surface area is 243 Å². The van der Waals surface area contributed by atoms with Crippen LogP contribution in [0.5, 0.6) is 5.75 Å². The predicted molar refractivity (Wildman–Crippen MR) is 160 cm³/mol. The van der Waals surface area contributed by atoms with Gasteiger partial charge in [-0.15, -0.1) is 11.3 Å². The van der Waals surface area contributed by atoms with Gasteiger partial charge in [0.25, 0.3) is 5.56 Å². The summed E-state index contributed by atoms with van der Waals surface area (Å²) >= 11 is 2.88. The summed E-state index contributed by atoms with van der Waals surface area (Å²) in [6, 6.07) is 20.5. The van der Waals surface area contributed by atoms with Crippen LogP contribution in [-0.2, 0) is 9.53 Å². The summed E-state index contributed by atoms with van der Waals surface area (Å²) < 4.78 is 14.6. The van der Waals surface area contributed by atoms with Crippen LogP contribution in [-0.4, -0.2) is 34.0 Å². The van der Waals surface area contributed by atoms with Crippen LogP contribution in [0.1, 0.15) is 31.0 Å². The minimum atomic E-state index is -0.692. The zero-order valence-electron chi connectivity index (χ0n) is 22.6. The highest BCUT2D eigenvalue weighted by molar-refractivity contribution is 7.13. The van der Waals surface area contributed by atoms with E-state index in [0.29, 0.717) is 26.4 Å². The second-order valence-corrected chi connectivity index (χ2v) is 11.2. The lowest BCUT2D eigenvalue weighted by atomic mass is 9.96. The van der Waals surface area contributed by atoms with Gasteiger partial charge in [-0.2, -0.15) is 5.10 Å². The van der Waals surface area contributed by atoms with Crippen molar-refractivity contribution in [1.29, 1.82) is 0 Å². The molecule has 1 atom stereocenters. The Morgan fingerprint density at radius 3 is 2.54 bits per heavy atom. The monoisotopic (exact) mass is 582 g/mol. The minimum Gasteiger partial charge on any atom is -0.497 e. The third-order valence-corrected chi connectivity index (χ3v) is 8.61. The van der Waals surface area contributed by atoms with Gasteiger partial charge in [0.1, 0.15) is 11.4 Å². The topological polar surface area (TPSA) is 87.7 Å². The average Bonchev–Trinajstić information content (AvgIpc) is 3.73. The van der Waals surface area contributed by atoms with Crippen molar-refractivity contribution in [2.24, 2.45) is 4.99 Å². The van der Waals surface area contributed by atoms with E-state index in [1.54, 1.807) is 36.9 Å². The van der Waals surface area contributed by atoms with Crippen LogP contribution < -0.4 is 19.6 Å². The molecule has 0 saturated heterocycles. The second kappa shape index (κ2) is 11.1. The van der Waals surface area contributed by atoms with Crippen molar-refractivity contribution in [3.05, 3.63) is 120 Å². The van der Waals surface area contributed by atoms with Gasteiger partial charge in [0, 0.05) is 11.8 Å². The van der Waals surface area contributed by atoms with Gasteiger partial charge in [-0.1, -0.05) is 47.7 Å². The lowest BCUT2D eigenvalue weighted by Gasteiger charge is -2.24. The summed E-state index contributed by atoms with van der Waals surface area (Å²) in [5.74, 6) is 0.184. The molecule has 0 aliphatic carbocycles. The van der Waals surface area contributed by atoms with E-state index in [1.165, 1.54) is 11.3 Å². The standard InChI is InChI=1S/C31H26N4O4S2/c1-4-39-30(37)26-19(2)32-31-35(28(26)20-12-14-23(38-3)15-13-20)29(36)25(41-31)17-21-18-34(22-9-6-5-7-10-22)33-27(21)24-11-8-16-40-24/h5-18,28H,4H2,1-3H3/b25-17+/t28-/m1/s1. The molecule has 3 aromatic heterocycles. The van der Waals surface area contributed by atoms with Crippen LogP contribution in [0.25, 0.3) is 22.3 Å². The fourth-order valence-electron chi connectivity index (χ4n) is 4.85. The number of fused-ring (bicyclic) bond motifs is 1. The first-order valence-corrected chi connectivity index (χ1v) is 14.7. The van der Waals surface area contributed by atoms with Crippen LogP contribution in [0.4, 0.5) is 0 Å². The summed E-state index contributed by atoms with van der Waals surface area (Å²) in [4.78, 5) is 33.4. The number of rotatable bonds is 7. The van der Waals surface area contributed by atoms with Crippen molar-refractivity contribution >= 4 is 34.7 Å². The average molecular weight is 583 g/mol. The molecule has 5 aromatic rings. The van der Waals surface area contributed by atoms with E-state index in [0.717, 1.165) is 27.4 Å². The molecule has 1 aliphatic rings. The number of hydrogen-bond donors (Lipinski definition) is 0. The molecule has 2 aromatic carbocycles. The number of aromatic nitrogens is 3. The van der Waals surface area contributed by atoms with Crippen molar-refractivity contribution in [3.8, 4) is 22.0 Å². The molecular formula is C31H26N4O4S2. The van der Waals surface area contributed by atoms with Gasteiger partial charge >= 0.3 is 5.97 Å². The van der Waals surface area contributed by atoms with Crippen LogP contribution >= 0.6 is 22.7 Å². The number of para-hydroxylation sites is 1. The highest BCUT2D eigenvalue weighted by atomic mass is 32.1. The zero-order valence-corrected chi connectivity index (χ0v) is 24.2. The first kappa shape index (κ1) is 26.7. The van der Waals surface area contributed by atoms with Gasteiger partial charge < -0.3 is 9.47 Å². The van der Waals surface area contributed by atoms with E-state index in [1.807, 2.05) is 89.1 Å². The van der Waals surface area contributed by atoms with Gasteiger partial charge in [-0.25, -0.2) is 14.5 Å². The van der Waals surface area contributed by atoms with Crippen molar-refractivity contribution in [2.45, 2.75) is 19.9 Å². The Kier molecular flexibility index (Phi) is 7.25. The molecule has 0 unspecified atom stereocenters. The smallest absolute Gasteiger partial charge is 0.338 e. The highest BCUT2D eigenvalue weighted by Crippen LogP contribution is 2.32. The van der Waals surface area contributed by atoms with Gasteiger partial charge in [0.2, 0.25) is 0 Å². The van der Waals surface area contributed by atoms with Crippen molar-refractivity contribution in [2.75, 3.05) is 13.7 Å². The van der Waals surface area contributed by atoms with E-state index in [-0.39, 0.29) is 12.2 Å². The number of methoxy groups -OCH3 is 1. The largest absolute Gasteiger partial charge is 0.497 e. The Balaban J connectivity index is 1.54. The first-order valence-electron chi connectivity index (χ1n) is 13.0. The van der Waals surface area contributed by atoms with E-state index >= 15 is 0 Å². The fraction of sp³-hybridized carbons (Fsp3) is 0.161. The normalized spacial score (nSPS) is 15.0. The number of esters is 1. The molecule has 4 heterocycles. The first-order chi connectivity index (χ1) is 20.0. The zero-order chi connectivity index (χ0) is 28.5. The summed E-state index contributed by atoms with van der Waals surface area (Å²) in [5.41, 5.74) is 3.88. The number of thiophene rings is 1. The number of carbonyl (C=O) groups is 1. The molecule has 10 heteroatoms. The molecule has 0 amide bonds. The maximum Gasteiger partial charge on any atom is 0.338 e. The third kappa shape index (κ3) is 4.96. The number of benzene rings is 2. The van der Waals surface area contributed by atoms with E-state index < -0.39 is 12.0 Å². The predicted octanol–water partition coefficient (Wildman–Crippen LogP) is 4.72. The number of nitrogens with zero attached hydrogens (tertiary/aromatic N) is 4. The van der Waals surface area contributed by atoms with E-state index in [2.05, 4.69) is 4.99 Å². The van der Waals surface area contributed by atoms with Crippen LogP contribution in [0.15, 0.2) is 99.4 Å². The van der Waals surface area contributed by atoms with Gasteiger partial charge in [-0.3, -0.25) is 9.36 Å². The van der Waals surface area contributed by atoms with Gasteiger partial charge in [0.05, 0.1) is 46.1 Å². The summed E-state index contributed by atoms with van der Waals surface area (Å²) in [6.07, 6.45) is 3.79. The van der Waals surface area contributed by atoms with Crippen molar-refractivity contribution < 1.29 is 14.3 Å². The molecule has 0 N–H and O–H groups in total. The second-order valence-electron chi connectivity index (χ2n) is 9.27. The number of thiazole rings is 1. The number of allylic oxidation sites excluding steroid dienone is 1. The minimum absolute atomic E-state index is 0.215. The quantitative estimate of drug-likeness (QED) is 0.259. The molecule has 0 spiro atoms. The third-order valence-electron chi connectivity index (χ3n) is 6.75. The van der Waals surface area contributed by atoms with E-state index in [4.69, 9.17) is 14.6 Å². The van der Waals surface area contributed by atoms with Gasteiger partial charge in [0.15, 0.2) is 4.80 Å². The molecule has 0 bridgehead atoms. The van der Waals surface area contributed by atoms with Crippen molar-refractivity contribution in [3.63, 3.8) is 0 Å². The lowest BCUT2D eigenvalue weighted by molar-refractivity contribution is -0.139. The number of ether oxygens (including phenoxy) is 2. The number of hydrogen-bond acceptors (Lipinski definition) is 8. The Bertz CT molecular complexity index is 1930. The van der Waals surface area contributed by atoms with Crippen LogP contribution in [0, 0.1) is 0 Å². The van der Waals surface area contributed by atoms with E-state index in [9.17, 15) is 9.59 Å². The summed E-state index contributed by atoms with van der Waals surface area (Å²) in [6.45, 7) is 3.75. The SMILES string of the molecule is CCOC(=O)C1=C(C)N=c2s/c(=C/c3cn(-c4ccccc4)nc3-c3cccs3)c(=O)n2[C@@H]1c1ccc(OC)cc1. The molecule has 6 rings (SSSR count). The highest BCUT2D eigenvalue weighted by Gasteiger charge is 2.33. The summed E-state index contributed by atoms with van der Waals surface area (Å²) in [5, 5.41) is 6.87. The lowest BCUT2D eigenvalue weighted by Crippen LogP contribution is -2.39. The summed E-state index contributed by atoms with van der Waals surface area (Å²) in [7, 11) is 1.59. The maximum atomic E-state index is 14.1. The van der Waals surface area contributed by atoms with Crippen molar-refractivity contribution in [1.82, 2.24) is 14.3 Å². The maximum absolute atomic E-state index is 14.1. The molecule has 0 fully saturated rings. The van der Waals surface area contributed by atoms with Gasteiger partial charge in [-0.05, 0) is 61.2 Å². The number of carbonyl (C=O) groups excluding carboxylic acids is 1. The Morgan fingerprint density at radius 2 is 1.85 bits per heavy atom. The Hall–Kier alpha value is -4.54. The molecule has 206 valence electrons. The molecule has 8 nitrogen and oxygen atoms in total. The van der Waals surface area contributed by atoms with Crippen LogP contribution in [0.2, 0.25) is 0 Å².